The predicted octanol–water partition coefficient (Wildman–Crippen LogP) is 2.24. The lowest BCUT2D eigenvalue weighted by molar-refractivity contribution is -0.147. The zero-order valence-corrected chi connectivity index (χ0v) is 15.1. The van der Waals surface area contributed by atoms with Crippen LogP contribution in [0.2, 0.25) is 0 Å². The van der Waals surface area contributed by atoms with E-state index in [-0.39, 0.29) is 30.1 Å². The number of ether oxygens (including phenoxy) is 1. The number of amides is 2. The zero-order valence-electron chi connectivity index (χ0n) is 14.3. The Hall–Kier alpha value is -1.93. The molecule has 0 spiro atoms. The Kier molecular flexibility index (Phi) is 4.71. The van der Waals surface area contributed by atoms with Crippen LogP contribution in [0.1, 0.15) is 48.9 Å². The van der Waals surface area contributed by atoms with Crippen molar-refractivity contribution < 1.29 is 24.2 Å². The van der Waals surface area contributed by atoms with Gasteiger partial charge in [0.05, 0.1) is 29.6 Å². The molecule has 4 atom stereocenters. The molecule has 2 saturated heterocycles. The van der Waals surface area contributed by atoms with Gasteiger partial charge in [0.25, 0.3) is 5.91 Å². The molecule has 7 nitrogen and oxygen atoms in total. The van der Waals surface area contributed by atoms with E-state index in [0.29, 0.717) is 23.4 Å². The first-order chi connectivity index (χ1) is 12.5. The van der Waals surface area contributed by atoms with Gasteiger partial charge in [0.15, 0.2) is 0 Å². The fraction of sp³-hybridized carbons (Fsp3) is 0.611. The third-order valence-corrected chi connectivity index (χ3v) is 6.53. The molecule has 1 saturated carbocycles. The minimum atomic E-state index is -0.997. The number of anilines is 1. The van der Waals surface area contributed by atoms with Crippen molar-refractivity contribution in [2.45, 2.75) is 56.8 Å². The Morgan fingerprint density at radius 1 is 1.08 bits per heavy atom. The second kappa shape index (κ2) is 7.00. The van der Waals surface area contributed by atoms with E-state index in [0.717, 1.165) is 25.7 Å². The van der Waals surface area contributed by atoms with Crippen LogP contribution in [0, 0.1) is 11.8 Å². The Morgan fingerprint density at radius 3 is 2.46 bits per heavy atom. The maximum Gasteiger partial charge on any atom is 0.310 e. The maximum atomic E-state index is 12.8. The van der Waals surface area contributed by atoms with Crippen LogP contribution in [0.5, 0.6) is 0 Å². The number of carbonyl (C=O) groups is 3. The molecule has 0 radical (unpaired) electrons. The van der Waals surface area contributed by atoms with Crippen LogP contribution in [-0.2, 0) is 14.3 Å². The van der Waals surface area contributed by atoms with Crippen molar-refractivity contribution >= 4 is 34.1 Å². The van der Waals surface area contributed by atoms with Crippen molar-refractivity contribution in [3.8, 4) is 0 Å². The first-order valence-corrected chi connectivity index (χ1v) is 10.00. The van der Waals surface area contributed by atoms with Crippen LogP contribution in [0.25, 0.3) is 0 Å². The van der Waals surface area contributed by atoms with Crippen LogP contribution in [-0.4, -0.2) is 41.1 Å². The average Bonchev–Trinajstić information content (AvgIpc) is 3.37. The van der Waals surface area contributed by atoms with Crippen molar-refractivity contribution in [2.24, 2.45) is 11.8 Å². The van der Waals surface area contributed by atoms with Crippen molar-refractivity contribution in [2.75, 3.05) is 5.32 Å². The number of carboxylic acid groups (broad SMARTS) is 1. The van der Waals surface area contributed by atoms with E-state index < -0.39 is 17.8 Å². The highest BCUT2D eigenvalue weighted by atomic mass is 32.1. The van der Waals surface area contributed by atoms with Gasteiger partial charge in [0.1, 0.15) is 5.00 Å². The molecule has 0 unspecified atom stereocenters. The molecule has 1 aromatic heterocycles. The van der Waals surface area contributed by atoms with Gasteiger partial charge in [-0.1, -0.05) is 12.8 Å². The van der Waals surface area contributed by atoms with Crippen molar-refractivity contribution in [1.82, 2.24) is 5.32 Å². The number of aliphatic carboxylic acids is 1. The van der Waals surface area contributed by atoms with E-state index in [1.165, 1.54) is 11.3 Å². The van der Waals surface area contributed by atoms with E-state index in [2.05, 4.69) is 10.6 Å². The Labute approximate surface area is 155 Å². The predicted molar refractivity (Wildman–Crippen MR) is 95.2 cm³/mol. The monoisotopic (exact) mass is 378 g/mol. The normalized spacial score (nSPS) is 30.5. The Bertz CT molecular complexity index is 727. The third kappa shape index (κ3) is 3.12. The Morgan fingerprint density at radius 2 is 1.77 bits per heavy atom. The van der Waals surface area contributed by atoms with Crippen molar-refractivity contribution in [3.63, 3.8) is 0 Å². The molecular formula is C18H22N2O5S. The molecule has 2 amide bonds. The number of rotatable bonds is 5. The van der Waals surface area contributed by atoms with Crippen LogP contribution in [0.4, 0.5) is 5.00 Å². The van der Waals surface area contributed by atoms with Gasteiger partial charge in [-0.3, -0.25) is 14.4 Å². The molecule has 1 aliphatic carbocycles. The number of carbonyl (C=O) groups excluding carboxylic acids is 2. The molecule has 26 heavy (non-hydrogen) atoms. The molecule has 2 bridgehead atoms. The van der Waals surface area contributed by atoms with Gasteiger partial charge in [-0.15, -0.1) is 11.3 Å². The quantitative estimate of drug-likeness (QED) is 0.729. The van der Waals surface area contributed by atoms with Gasteiger partial charge in [-0.05, 0) is 37.1 Å². The third-order valence-electron chi connectivity index (χ3n) is 5.70. The van der Waals surface area contributed by atoms with E-state index in [9.17, 15) is 19.5 Å². The lowest BCUT2D eigenvalue weighted by Crippen LogP contribution is -2.41. The first-order valence-electron chi connectivity index (χ1n) is 9.12. The molecule has 2 aliphatic heterocycles. The largest absolute Gasteiger partial charge is 0.481 e. The summed E-state index contributed by atoms with van der Waals surface area (Å²) >= 11 is 1.27. The maximum absolute atomic E-state index is 12.8. The average molecular weight is 378 g/mol. The summed E-state index contributed by atoms with van der Waals surface area (Å²) in [5.74, 6) is -3.08. The summed E-state index contributed by atoms with van der Waals surface area (Å²) in [4.78, 5) is 36.8. The number of hydrogen-bond acceptors (Lipinski definition) is 5. The SMILES string of the molecule is O=C(NC1CCCC1)c1ccsc1NC(=O)[C@@H]1[C@@H](C(=O)O)[C@H]2CC[C@H]1O2. The highest BCUT2D eigenvalue weighted by Crippen LogP contribution is 2.44. The topological polar surface area (TPSA) is 105 Å². The minimum Gasteiger partial charge on any atom is -0.481 e. The van der Waals surface area contributed by atoms with E-state index in [1.807, 2.05) is 0 Å². The van der Waals surface area contributed by atoms with Crippen molar-refractivity contribution in [1.29, 1.82) is 0 Å². The van der Waals surface area contributed by atoms with Gasteiger partial charge in [-0.2, -0.15) is 0 Å². The molecule has 0 aromatic carbocycles. The highest BCUT2D eigenvalue weighted by molar-refractivity contribution is 7.14. The van der Waals surface area contributed by atoms with Crippen molar-refractivity contribution in [3.05, 3.63) is 17.0 Å². The molecule has 3 fully saturated rings. The fourth-order valence-electron chi connectivity index (χ4n) is 4.44. The van der Waals surface area contributed by atoms with Crippen LogP contribution >= 0.6 is 11.3 Å². The van der Waals surface area contributed by atoms with Crippen LogP contribution < -0.4 is 10.6 Å². The van der Waals surface area contributed by atoms with Gasteiger partial charge in [0, 0.05) is 6.04 Å². The second-order valence-corrected chi connectivity index (χ2v) is 8.20. The summed E-state index contributed by atoms with van der Waals surface area (Å²) in [6, 6.07) is 1.89. The van der Waals surface area contributed by atoms with Gasteiger partial charge in [-0.25, -0.2) is 0 Å². The van der Waals surface area contributed by atoms with E-state index in [1.54, 1.807) is 11.4 Å². The van der Waals surface area contributed by atoms with E-state index in [4.69, 9.17) is 4.74 Å². The van der Waals surface area contributed by atoms with Gasteiger partial charge < -0.3 is 20.5 Å². The molecule has 3 N–H and O–H groups in total. The van der Waals surface area contributed by atoms with Crippen LogP contribution in [0.3, 0.4) is 0 Å². The molecule has 140 valence electrons. The molecular weight excluding hydrogens is 356 g/mol. The summed E-state index contributed by atoms with van der Waals surface area (Å²) in [6.07, 6.45) is 4.86. The van der Waals surface area contributed by atoms with Gasteiger partial charge in [0.2, 0.25) is 5.91 Å². The molecule has 8 heteroatoms. The number of nitrogens with one attached hydrogen (secondary N) is 2. The summed E-state index contributed by atoms with van der Waals surface area (Å²) in [7, 11) is 0. The van der Waals surface area contributed by atoms with Gasteiger partial charge >= 0.3 is 5.97 Å². The number of carboxylic acids is 1. The van der Waals surface area contributed by atoms with Crippen LogP contribution in [0.15, 0.2) is 11.4 Å². The van der Waals surface area contributed by atoms with E-state index >= 15 is 0 Å². The summed E-state index contributed by atoms with van der Waals surface area (Å²) in [5, 5.41) is 17.5. The first kappa shape index (κ1) is 17.5. The lowest BCUT2D eigenvalue weighted by atomic mass is 9.79. The Balaban J connectivity index is 1.46. The summed E-state index contributed by atoms with van der Waals surface area (Å²) < 4.78 is 5.65. The highest BCUT2D eigenvalue weighted by Gasteiger charge is 2.55. The molecule has 1 aromatic rings. The smallest absolute Gasteiger partial charge is 0.310 e. The lowest BCUT2D eigenvalue weighted by Gasteiger charge is -2.23. The standard InChI is InChI=1S/C18H22N2O5S/c21-15(19-9-3-1-2-4-9)10-7-8-26-17(10)20-16(22)13-11-5-6-12(25-11)14(13)18(23)24/h7-9,11-14H,1-6H2,(H,19,21)(H,20,22)(H,23,24)/t11-,12-,13+,14+/m1/s1. The molecule has 4 rings (SSSR count). The minimum absolute atomic E-state index is 0.188. The number of thiophene rings is 1. The zero-order chi connectivity index (χ0) is 18.3. The summed E-state index contributed by atoms with van der Waals surface area (Å²) in [5.41, 5.74) is 0.436. The number of fused-ring (bicyclic) bond motifs is 2. The molecule has 3 heterocycles. The fourth-order valence-corrected chi connectivity index (χ4v) is 5.23. The number of hydrogen-bond donors (Lipinski definition) is 3. The second-order valence-electron chi connectivity index (χ2n) is 7.29. The summed E-state index contributed by atoms with van der Waals surface area (Å²) in [6.45, 7) is 0. The molecule has 3 aliphatic rings.